The molecule has 0 N–H and O–H groups in total. The average Bonchev–Trinajstić information content (AvgIpc) is 2.46. The van der Waals surface area contributed by atoms with Crippen LogP contribution in [0.4, 0.5) is 0 Å². The third-order valence-corrected chi connectivity index (χ3v) is 5.15. The van der Waals surface area contributed by atoms with E-state index in [9.17, 15) is 0 Å². The van der Waals surface area contributed by atoms with Crippen molar-refractivity contribution < 1.29 is 0 Å². The standard InChI is InChI=1S/C18H18BrCl/c1-12-10-16(19)8-9-17(12)18(20)15-7-6-13-4-2-3-5-14(13)11-15/h6-11,18H,2-5H2,1H3. The fourth-order valence-electron chi connectivity index (χ4n) is 3.01. The van der Waals surface area contributed by atoms with Crippen LogP contribution >= 0.6 is 27.5 Å². The molecule has 1 aliphatic rings. The van der Waals surface area contributed by atoms with Crippen LogP contribution in [0, 0.1) is 6.92 Å². The van der Waals surface area contributed by atoms with Crippen molar-refractivity contribution in [1.82, 2.24) is 0 Å². The van der Waals surface area contributed by atoms with Gasteiger partial charge in [-0.2, -0.15) is 0 Å². The predicted molar refractivity (Wildman–Crippen MR) is 89.7 cm³/mol. The van der Waals surface area contributed by atoms with Crippen molar-refractivity contribution in [1.29, 1.82) is 0 Å². The summed E-state index contributed by atoms with van der Waals surface area (Å²) in [7, 11) is 0. The Balaban J connectivity index is 1.95. The number of hydrogen-bond acceptors (Lipinski definition) is 0. The van der Waals surface area contributed by atoms with Crippen LogP contribution in [0.1, 0.15) is 46.0 Å². The number of hydrogen-bond donors (Lipinski definition) is 0. The molecule has 1 unspecified atom stereocenters. The van der Waals surface area contributed by atoms with Gasteiger partial charge in [0.15, 0.2) is 0 Å². The summed E-state index contributed by atoms with van der Waals surface area (Å²) in [6.45, 7) is 2.12. The first-order chi connectivity index (χ1) is 9.65. The molecule has 0 radical (unpaired) electrons. The Kier molecular flexibility index (Phi) is 4.18. The number of aryl methyl sites for hydroxylation is 3. The molecule has 0 bridgehead atoms. The van der Waals surface area contributed by atoms with Crippen molar-refractivity contribution in [3.05, 3.63) is 68.7 Å². The second-order valence-electron chi connectivity index (χ2n) is 5.60. The number of halogens is 2. The quantitative estimate of drug-likeness (QED) is 0.586. The van der Waals surface area contributed by atoms with E-state index in [0.717, 1.165) is 4.47 Å². The van der Waals surface area contributed by atoms with Crippen LogP contribution in [0.3, 0.4) is 0 Å². The van der Waals surface area contributed by atoms with Crippen molar-refractivity contribution in [2.45, 2.75) is 38.0 Å². The highest BCUT2D eigenvalue weighted by Crippen LogP contribution is 2.34. The smallest absolute Gasteiger partial charge is 0.0838 e. The molecular formula is C18H18BrCl. The van der Waals surface area contributed by atoms with E-state index in [-0.39, 0.29) is 5.38 Å². The first-order valence-corrected chi connectivity index (χ1v) is 8.40. The minimum absolute atomic E-state index is 0.0599. The Morgan fingerprint density at radius 3 is 2.50 bits per heavy atom. The molecular weight excluding hydrogens is 332 g/mol. The van der Waals surface area contributed by atoms with Crippen LogP contribution < -0.4 is 0 Å². The van der Waals surface area contributed by atoms with E-state index in [4.69, 9.17) is 11.6 Å². The Morgan fingerprint density at radius 2 is 1.75 bits per heavy atom. The Bertz CT molecular complexity index is 633. The average molecular weight is 350 g/mol. The van der Waals surface area contributed by atoms with Crippen molar-refractivity contribution >= 4 is 27.5 Å². The van der Waals surface area contributed by atoms with Gasteiger partial charge >= 0.3 is 0 Å². The zero-order chi connectivity index (χ0) is 14.1. The molecule has 0 spiro atoms. The van der Waals surface area contributed by atoms with E-state index < -0.39 is 0 Å². The molecule has 0 saturated carbocycles. The second kappa shape index (κ2) is 5.91. The van der Waals surface area contributed by atoms with Gasteiger partial charge in [0.25, 0.3) is 0 Å². The van der Waals surface area contributed by atoms with E-state index in [2.05, 4.69) is 59.3 Å². The molecule has 2 heteroatoms. The maximum atomic E-state index is 6.72. The van der Waals surface area contributed by atoms with Gasteiger partial charge in [0, 0.05) is 4.47 Å². The summed E-state index contributed by atoms with van der Waals surface area (Å²) in [6.07, 6.45) is 5.05. The van der Waals surface area contributed by atoms with Gasteiger partial charge in [0.1, 0.15) is 0 Å². The van der Waals surface area contributed by atoms with E-state index >= 15 is 0 Å². The molecule has 0 heterocycles. The molecule has 2 aromatic rings. The lowest BCUT2D eigenvalue weighted by Crippen LogP contribution is -2.04. The van der Waals surface area contributed by atoms with Gasteiger partial charge in [-0.05, 0) is 72.6 Å². The first kappa shape index (κ1) is 14.2. The molecule has 1 aliphatic carbocycles. The summed E-state index contributed by atoms with van der Waals surface area (Å²) in [5, 5.41) is -0.0599. The molecule has 3 rings (SSSR count). The van der Waals surface area contributed by atoms with Crippen LogP contribution in [0.15, 0.2) is 40.9 Å². The zero-order valence-electron chi connectivity index (χ0n) is 11.6. The maximum absolute atomic E-state index is 6.72. The van der Waals surface area contributed by atoms with E-state index in [1.807, 2.05) is 0 Å². The third-order valence-electron chi connectivity index (χ3n) is 4.17. The minimum Gasteiger partial charge on any atom is -0.113 e. The lowest BCUT2D eigenvalue weighted by atomic mass is 9.89. The summed E-state index contributed by atoms with van der Waals surface area (Å²) in [6, 6.07) is 13.1. The molecule has 104 valence electrons. The number of alkyl halides is 1. The summed E-state index contributed by atoms with van der Waals surface area (Å²) in [5.74, 6) is 0. The molecule has 2 aromatic carbocycles. The number of rotatable bonds is 2. The monoisotopic (exact) mass is 348 g/mol. The van der Waals surface area contributed by atoms with Crippen molar-refractivity contribution in [2.75, 3.05) is 0 Å². The molecule has 0 aliphatic heterocycles. The van der Waals surface area contributed by atoms with Crippen molar-refractivity contribution in [3.8, 4) is 0 Å². The summed E-state index contributed by atoms with van der Waals surface area (Å²) in [4.78, 5) is 0. The highest BCUT2D eigenvalue weighted by molar-refractivity contribution is 9.10. The van der Waals surface area contributed by atoms with Gasteiger partial charge in [-0.3, -0.25) is 0 Å². The molecule has 0 saturated heterocycles. The van der Waals surface area contributed by atoms with Gasteiger partial charge in [-0.25, -0.2) is 0 Å². The summed E-state index contributed by atoms with van der Waals surface area (Å²) in [5.41, 5.74) is 6.66. The fraction of sp³-hybridized carbons (Fsp3) is 0.333. The van der Waals surface area contributed by atoms with Crippen LogP contribution in [-0.4, -0.2) is 0 Å². The predicted octanol–water partition coefficient (Wildman–Crippen LogP) is 5.96. The Morgan fingerprint density at radius 1 is 1.00 bits per heavy atom. The Labute approximate surface area is 134 Å². The molecule has 0 amide bonds. The van der Waals surface area contributed by atoms with Crippen LogP contribution in [0.25, 0.3) is 0 Å². The lowest BCUT2D eigenvalue weighted by Gasteiger charge is -2.19. The van der Waals surface area contributed by atoms with Crippen LogP contribution in [0.2, 0.25) is 0 Å². The molecule has 20 heavy (non-hydrogen) atoms. The van der Waals surface area contributed by atoms with Gasteiger partial charge in [-0.1, -0.05) is 40.2 Å². The maximum Gasteiger partial charge on any atom is 0.0838 e. The molecule has 0 fully saturated rings. The minimum atomic E-state index is -0.0599. The highest BCUT2D eigenvalue weighted by Gasteiger charge is 2.16. The van der Waals surface area contributed by atoms with Crippen LogP contribution in [-0.2, 0) is 12.8 Å². The van der Waals surface area contributed by atoms with Crippen molar-refractivity contribution in [3.63, 3.8) is 0 Å². The van der Waals surface area contributed by atoms with Gasteiger partial charge in [-0.15, -0.1) is 11.6 Å². The first-order valence-electron chi connectivity index (χ1n) is 7.17. The fourth-order valence-corrected chi connectivity index (χ4v) is 3.87. The topological polar surface area (TPSA) is 0 Å². The Hall–Kier alpha value is -0.790. The number of fused-ring (bicyclic) bond motifs is 1. The molecule has 1 atom stereocenters. The van der Waals surface area contributed by atoms with E-state index in [1.54, 1.807) is 0 Å². The number of benzene rings is 2. The van der Waals surface area contributed by atoms with Gasteiger partial charge < -0.3 is 0 Å². The zero-order valence-corrected chi connectivity index (χ0v) is 14.0. The second-order valence-corrected chi connectivity index (χ2v) is 6.95. The normalized spacial score (nSPS) is 15.8. The lowest BCUT2D eigenvalue weighted by molar-refractivity contribution is 0.684. The highest BCUT2D eigenvalue weighted by atomic mass is 79.9. The van der Waals surface area contributed by atoms with E-state index in [0.29, 0.717) is 0 Å². The van der Waals surface area contributed by atoms with Gasteiger partial charge in [0.2, 0.25) is 0 Å². The summed E-state index contributed by atoms with van der Waals surface area (Å²) < 4.78 is 1.10. The van der Waals surface area contributed by atoms with Gasteiger partial charge in [0.05, 0.1) is 5.38 Å². The van der Waals surface area contributed by atoms with Crippen LogP contribution in [0.5, 0.6) is 0 Å². The summed E-state index contributed by atoms with van der Waals surface area (Å²) >= 11 is 10.2. The molecule has 0 nitrogen and oxygen atoms in total. The third kappa shape index (κ3) is 2.80. The molecule has 0 aromatic heterocycles. The largest absolute Gasteiger partial charge is 0.113 e. The SMILES string of the molecule is Cc1cc(Br)ccc1C(Cl)c1ccc2c(c1)CCCC2. The van der Waals surface area contributed by atoms with E-state index in [1.165, 1.54) is 53.5 Å². The van der Waals surface area contributed by atoms with Crippen molar-refractivity contribution in [2.24, 2.45) is 0 Å².